The Kier molecular flexibility index (Phi) is 7.40. The lowest BCUT2D eigenvalue weighted by Gasteiger charge is -2.15. The Balaban J connectivity index is 1.67. The monoisotopic (exact) mass is 436 g/mol. The smallest absolute Gasteiger partial charge is 0.180 e. The number of ether oxygens (including phenoxy) is 2. The van der Waals surface area contributed by atoms with Crippen molar-refractivity contribution in [3.05, 3.63) is 86.6 Å². The molecule has 3 rings (SSSR count). The van der Waals surface area contributed by atoms with Gasteiger partial charge in [0.25, 0.3) is 0 Å². The Hall–Kier alpha value is -1.98. The molecule has 3 aromatic rings. The first-order valence-electron chi connectivity index (χ1n) is 8.59. The van der Waals surface area contributed by atoms with Gasteiger partial charge in [0.1, 0.15) is 6.61 Å². The van der Waals surface area contributed by atoms with E-state index in [0.717, 1.165) is 16.7 Å². The van der Waals surface area contributed by atoms with Gasteiger partial charge in [-0.3, -0.25) is 4.98 Å². The third-order valence-electron chi connectivity index (χ3n) is 4.06. The van der Waals surface area contributed by atoms with Gasteiger partial charge < -0.3 is 14.8 Å². The molecule has 0 radical (unpaired) electrons. The lowest BCUT2D eigenvalue weighted by atomic mass is 10.2. The van der Waals surface area contributed by atoms with Crippen LogP contribution in [-0.2, 0) is 19.7 Å². The topological polar surface area (TPSA) is 43.4 Å². The summed E-state index contributed by atoms with van der Waals surface area (Å²) in [6.45, 7) is 1.60. The van der Waals surface area contributed by atoms with Crippen LogP contribution in [0.2, 0.25) is 15.1 Å². The predicted molar refractivity (Wildman–Crippen MR) is 114 cm³/mol. The number of halogens is 3. The molecule has 28 heavy (non-hydrogen) atoms. The first-order valence-corrected chi connectivity index (χ1v) is 9.73. The molecule has 4 nitrogen and oxygen atoms in total. The Morgan fingerprint density at radius 3 is 2.50 bits per heavy atom. The summed E-state index contributed by atoms with van der Waals surface area (Å²) in [5, 5.41) is 4.95. The highest BCUT2D eigenvalue weighted by Crippen LogP contribution is 2.37. The van der Waals surface area contributed by atoms with Gasteiger partial charge in [-0.25, -0.2) is 0 Å². The fraction of sp³-hybridized carbons (Fsp3) is 0.190. The number of pyridine rings is 1. The Bertz CT molecular complexity index is 936. The molecule has 1 aromatic heterocycles. The highest BCUT2D eigenvalue weighted by molar-refractivity contribution is 6.35. The van der Waals surface area contributed by atoms with E-state index in [4.69, 9.17) is 44.3 Å². The van der Waals surface area contributed by atoms with Crippen molar-refractivity contribution in [2.24, 2.45) is 0 Å². The highest BCUT2D eigenvalue weighted by Gasteiger charge is 2.13. The van der Waals surface area contributed by atoms with E-state index in [1.165, 1.54) is 0 Å². The zero-order valence-electron chi connectivity index (χ0n) is 15.2. The number of nitrogens with zero attached hydrogens (tertiary/aromatic N) is 1. The first-order chi connectivity index (χ1) is 13.6. The maximum atomic E-state index is 6.44. The Morgan fingerprint density at radius 2 is 1.79 bits per heavy atom. The fourth-order valence-electron chi connectivity index (χ4n) is 2.66. The van der Waals surface area contributed by atoms with E-state index >= 15 is 0 Å². The number of nitrogens with one attached hydrogen (secondary N) is 1. The van der Waals surface area contributed by atoms with Crippen molar-refractivity contribution in [1.29, 1.82) is 0 Å². The molecule has 1 heterocycles. The number of hydrogen-bond donors (Lipinski definition) is 1. The van der Waals surface area contributed by atoms with E-state index in [2.05, 4.69) is 10.3 Å². The van der Waals surface area contributed by atoms with Crippen LogP contribution < -0.4 is 14.8 Å². The van der Waals surface area contributed by atoms with Crippen molar-refractivity contribution < 1.29 is 9.47 Å². The van der Waals surface area contributed by atoms with E-state index in [-0.39, 0.29) is 6.61 Å². The molecule has 0 amide bonds. The zero-order valence-corrected chi connectivity index (χ0v) is 17.5. The van der Waals surface area contributed by atoms with Gasteiger partial charge in [-0.2, -0.15) is 0 Å². The van der Waals surface area contributed by atoms with Gasteiger partial charge in [-0.15, -0.1) is 0 Å². The van der Waals surface area contributed by atoms with Crippen molar-refractivity contribution in [3.8, 4) is 11.5 Å². The number of rotatable bonds is 8. The van der Waals surface area contributed by atoms with Gasteiger partial charge in [0.05, 0.1) is 12.1 Å². The minimum absolute atomic E-state index is 0.255. The summed E-state index contributed by atoms with van der Waals surface area (Å²) in [6.07, 6.45) is 3.59. The molecule has 0 spiro atoms. The summed E-state index contributed by atoms with van der Waals surface area (Å²) < 4.78 is 11.3. The molecule has 0 fully saturated rings. The van der Waals surface area contributed by atoms with Gasteiger partial charge in [0.2, 0.25) is 0 Å². The molecule has 0 saturated carbocycles. The fourth-order valence-corrected chi connectivity index (χ4v) is 3.41. The molecular weight excluding hydrogens is 419 g/mol. The second-order valence-electron chi connectivity index (χ2n) is 6.10. The number of hydrogen-bond acceptors (Lipinski definition) is 4. The maximum absolute atomic E-state index is 6.44. The molecule has 1 N–H and O–H groups in total. The van der Waals surface area contributed by atoms with Crippen LogP contribution in [0, 0.1) is 0 Å². The minimum atomic E-state index is 0.255. The van der Waals surface area contributed by atoms with Crippen LogP contribution in [-0.4, -0.2) is 12.1 Å². The first kappa shape index (κ1) is 20.7. The van der Waals surface area contributed by atoms with Crippen molar-refractivity contribution in [1.82, 2.24) is 10.3 Å². The van der Waals surface area contributed by atoms with Crippen LogP contribution in [0.1, 0.15) is 16.7 Å². The van der Waals surface area contributed by atoms with Gasteiger partial charge in [0, 0.05) is 41.1 Å². The summed E-state index contributed by atoms with van der Waals surface area (Å²) in [5.74, 6) is 1.04. The lowest BCUT2D eigenvalue weighted by Crippen LogP contribution is -2.13. The second kappa shape index (κ2) is 9.99. The van der Waals surface area contributed by atoms with Crippen molar-refractivity contribution in [2.45, 2.75) is 19.7 Å². The Labute approximate surface area is 179 Å². The number of benzene rings is 2. The molecule has 0 aliphatic rings. The van der Waals surface area contributed by atoms with Crippen LogP contribution in [0.15, 0.2) is 54.9 Å². The van der Waals surface area contributed by atoms with E-state index in [1.54, 1.807) is 25.4 Å². The van der Waals surface area contributed by atoms with E-state index < -0.39 is 0 Å². The molecule has 7 heteroatoms. The molecule has 0 atom stereocenters. The zero-order chi connectivity index (χ0) is 19.9. The van der Waals surface area contributed by atoms with E-state index in [9.17, 15) is 0 Å². The molecular formula is C21H19Cl3N2O2. The van der Waals surface area contributed by atoms with Gasteiger partial charge in [0.15, 0.2) is 11.5 Å². The summed E-state index contributed by atoms with van der Waals surface area (Å²) in [5.41, 5.74) is 2.91. The maximum Gasteiger partial charge on any atom is 0.180 e. The van der Waals surface area contributed by atoms with Crippen LogP contribution in [0.4, 0.5) is 0 Å². The Morgan fingerprint density at radius 1 is 0.964 bits per heavy atom. The molecule has 2 aromatic carbocycles. The molecule has 0 bridgehead atoms. The lowest BCUT2D eigenvalue weighted by molar-refractivity contribution is 0.284. The minimum Gasteiger partial charge on any atom is -0.493 e. The number of methoxy groups -OCH3 is 1. The standard InChI is InChI=1S/C21H19Cl3N2O2/c1-27-20-8-15(12-26-11-14-3-2-6-25-10-14)7-19(24)21(20)28-13-16-4-5-17(22)9-18(16)23/h2-10,26H,11-13H2,1H3. The third kappa shape index (κ3) is 5.52. The van der Waals surface area contributed by atoms with Crippen LogP contribution >= 0.6 is 34.8 Å². The van der Waals surface area contributed by atoms with Crippen molar-refractivity contribution in [3.63, 3.8) is 0 Å². The average Bonchev–Trinajstić information content (AvgIpc) is 2.69. The van der Waals surface area contributed by atoms with Crippen molar-refractivity contribution >= 4 is 34.8 Å². The normalized spacial score (nSPS) is 10.7. The quantitative estimate of drug-likeness (QED) is 0.475. The van der Waals surface area contributed by atoms with Gasteiger partial charge >= 0.3 is 0 Å². The molecule has 0 unspecified atom stereocenters. The van der Waals surface area contributed by atoms with Crippen LogP contribution in [0.25, 0.3) is 0 Å². The predicted octanol–water partition coefficient (Wildman–Crippen LogP) is 5.92. The molecule has 0 aliphatic heterocycles. The van der Waals surface area contributed by atoms with Gasteiger partial charge in [-0.1, -0.05) is 46.9 Å². The van der Waals surface area contributed by atoms with Crippen LogP contribution in [0.5, 0.6) is 11.5 Å². The summed E-state index contributed by atoms with van der Waals surface area (Å²) in [4.78, 5) is 4.11. The van der Waals surface area contributed by atoms with E-state index in [1.807, 2.05) is 36.5 Å². The summed E-state index contributed by atoms with van der Waals surface area (Å²) >= 11 is 18.6. The summed E-state index contributed by atoms with van der Waals surface area (Å²) in [7, 11) is 1.58. The molecule has 0 saturated heterocycles. The average molecular weight is 438 g/mol. The molecule has 146 valence electrons. The van der Waals surface area contributed by atoms with Gasteiger partial charge in [-0.05, 0) is 41.5 Å². The van der Waals surface area contributed by atoms with Crippen molar-refractivity contribution in [2.75, 3.05) is 7.11 Å². The second-order valence-corrected chi connectivity index (χ2v) is 7.35. The number of aromatic nitrogens is 1. The highest BCUT2D eigenvalue weighted by atomic mass is 35.5. The van der Waals surface area contributed by atoms with E-state index in [0.29, 0.717) is 39.7 Å². The van der Waals surface area contributed by atoms with Crippen LogP contribution in [0.3, 0.4) is 0 Å². The third-order valence-corrected chi connectivity index (χ3v) is 4.93. The molecule has 0 aliphatic carbocycles. The summed E-state index contributed by atoms with van der Waals surface area (Å²) in [6, 6.07) is 13.0. The largest absolute Gasteiger partial charge is 0.493 e. The SMILES string of the molecule is COc1cc(CNCc2cccnc2)cc(Cl)c1OCc1ccc(Cl)cc1Cl.